The van der Waals surface area contributed by atoms with Gasteiger partial charge in [-0.15, -0.1) is 0 Å². The molecule has 4 aromatic rings. The molecule has 0 fully saturated rings. The first kappa shape index (κ1) is 36.1. The number of hydrogen-bond donors (Lipinski definition) is 0. The molecule has 8 heteroatoms. The molecule has 4 rings (SSSR count). The molecule has 0 aromatic heterocycles. The Labute approximate surface area is 261 Å². The lowest BCUT2D eigenvalue weighted by atomic mass is 10.1. The van der Waals surface area contributed by atoms with Crippen LogP contribution >= 0.6 is 58.0 Å². The van der Waals surface area contributed by atoms with Crippen LogP contribution in [0.5, 0.6) is 0 Å². The van der Waals surface area contributed by atoms with E-state index in [1.807, 2.05) is 26.0 Å². The Morgan fingerprint density at radius 3 is 0.975 bits per heavy atom. The minimum atomic E-state index is -0.304. The van der Waals surface area contributed by atoms with E-state index in [-0.39, 0.29) is 27.5 Å². The van der Waals surface area contributed by atoms with Crippen molar-refractivity contribution < 1.29 is 13.2 Å². The second-order valence-corrected chi connectivity index (χ2v) is 11.3. The highest BCUT2D eigenvalue weighted by atomic mass is 35.5. The Morgan fingerprint density at radius 1 is 0.375 bits per heavy atom. The lowest BCUT2D eigenvalue weighted by Gasteiger charge is -2.01. The van der Waals surface area contributed by atoms with Crippen molar-refractivity contribution in [2.75, 3.05) is 0 Å². The summed E-state index contributed by atoms with van der Waals surface area (Å²) in [6.07, 6.45) is 0. The zero-order valence-corrected chi connectivity index (χ0v) is 27.4. The van der Waals surface area contributed by atoms with E-state index in [1.165, 1.54) is 6.07 Å². The fourth-order valence-corrected chi connectivity index (χ4v) is 4.04. The van der Waals surface area contributed by atoms with Crippen LogP contribution in [-0.4, -0.2) is 0 Å². The topological polar surface area (TPSA) is 0 Å². The molecule has 40 heavy (non-hydrogen) atoms. The summed E-state index contributed by atoms with van der Waals surface area (Å²) in [5.41, 5.74) is 6.18. The highest BCUT2D eigenvalue weighted by Gasteiger charge is 2.05. The van der Waals surface area contributed by atoms with Crippen LogP contribution in [0.1, 0.15) is 44.5 Å². The summed E-state index contributed by atoms with van der Waals surface area (Å²) >= 11 is 28.6. The summed E-state index contributed by atoms with van der Waals surface area (Å²) < 4.78 is 38.4. The van der Waals surface area contributed by atoms with E-state index in [0.29, 0.717) is 31.8 Å². The predicted octanol–water partition coefficient (Wildman–Crippen LogP) is 12.9. The number of benzene rings is 4. The van der Waals surface area contributed by atoms with Gasteiger partial charge in [0.1, 0.15) is 17.5 Å². The molecular formula is C32H32Cl5F3. The smallest absolute Gasteiger partial charge is 0.144 e. The maximum atomic E-state index is 12.9. The Balaban J connectivity index is 0.000000267. The van der Waals surface area contributed by atoms with Crippen molar-refractivity contribution in [3.8, 4) is 0 Å². The van der Waals surface area contributed by atoms with Crippen molar-refractivity contribution in [2.24, 2.45) is 0 Å². The van der Waals surface area contributed by atoms with Gasteiger partial charge in [-0.1, -0.05) is 94.4 Å². The third-order valence-corrected chi connectivity index (χ3v) is 8.25. The first-order chi connectivity index (χ1) is 18.5. The number of hydrogen-bond acceptors (Lipinski definition) is 0. The van der Waals surface area contributed by atoms with Gasteiger partial charge in [-0.2, -0.15) is 0 Å². The standard InChI is InChI=1S/C8H8Cl2.3C8H8ClF/c1-5-3-4-6(2)8(10)7(5)9;1-5-4-8(10)6(2)3-7(5)9;2*1-5-3-4-6(2)8(10)7(5)9/h4*3-4H,1-2H3. The Hall–Kier alpha value is -1.88. The van der Waals surface area contributed by atoms with E-state index in [4.69, 9.17) is 58.0 Å². The van der Waals surface area contributed by atoms with Gasteiger partial charge < -0.3 is 0 Å². The van der Waals surface area contributed by atoms with E-state index >= 15 is 0 Å². The predicted molar refractivity (Wildman–Crippen MR) is 169 cm³/mol. The van der Waals surface area contributed by atoms with Gasteiger partial charge in [-0.05, 0) is 112 Å². The van der Waals surface area contributed by atoms with Crippen LogP contribution in [0.3, 0.4) is 0 Å². The Kier molecular flexibility index (Phi) is 14.9. The summed E-state index contributed by atoms with van der Waals surface area (Å²) in [4.78, 5) is 0. The molecule has 0 aliphatic heterocycles. The number of halogens is 8. The molecule has 0 heterocycles. The fraction of sp³-hybridized carbons (Fsp3) is 0.250. The molecular weight excluding hydrogens is 619 g/mol. The van der Waals surface area contributed by atoms with Gasteiger partial charge in [-0.25, -0.2) is 13.2 Å². The van der Waals surface area contributed by atoms with E-state index in [1.54, 1.807) is 71.9 Å². The lowest BCUT2D eigenvalue weighted by molar-refractivity contribution is 0.617. The first-order valence-electron chi connectivity index (χ1n) is 12.1. The van der Waals surface area contributed by atoms with E-state index in [9.17, 15) is 13.2 Å². The van der Waals surface area contributed by atoms with Gasteiger partial charge in [0.15, 0.2) is 0 Å². The summed E-state index contributed by atoms with van der Waals surface area (Å²) in [7, 11) is 0. The average molecular weight is 651 g/mol. The molecule has 0 aliphatic carbocycles. The zero-order chi connectivity index (χ0) is 30.9. The molecule has 0 saturated heterocycles. The fourth-order valence-electron chi connectivity index (χ4n) is 2.97. The third kappa shape index (κ3) is 10.5. The monoisotopic (exact) mass is 648 g/mol. The van der Waals surface area contributed by atoms with E-state index in [2.05, 4.69) is 0 Å². The zero-order valence-electron chi connectivity index (χ0n) is 23.6. The van der Waals surface area contributed by atoms with Crippen molar-refractivity contribution in [3.63, 3.8) is 0 Å². The molecule has 4 aromatic carbocycles. The molecule has 0 nitrogen and oxygen atoms in total. The van der Waals surface area contributed by atoms with Crippen LogP contribution < -0.4 is 0 Å². The highest BCUT2D eigenvalue weighted by Crippen LogP contribution is 2.28. The largest absolute Gasteiger partial charge is 0.207 e. The minimum absolute atomic E-state index is 0.193. The van der Waals surface area contributed by atoms with E-state index < -0.39 is 0 Å². The van der Waals surface area contributed by atoms with Crippen molar-refractivity contribution in [3.05, 3.63) is 136 Å². The molecule has 0 bridgehead atoms. The van der Waals surface area contributed by atoms with Gasteiger partial charge >= 0.3 is 0 Å². The molecule has 0 spiro atoms. The quantitative estimate of drug-likeness (QED) is 0.178. The summed E-state index contributed by atoms with van der Waals surface area (Å²) in [6, 6.07) is 14.0. The number of rotatable bonds is 0. The van der Waals surface area contributed by atoms with Crippen LogP contribution in [0, 0.1) is 72.8 Å². The number of aryl methyl sites for hydroxylation is 8. The second kappa shape index (κ2) is 16.5. The summed E-state index contributed by atoms with van der Waals surface area (Å²) in [5, 5.41) is 2.43. The maximum absolute atomic E-state index is 12.9. The second-order valence-electron chi connectivity index (χ2n) is 9.33. The van der Waals surface area contributed by atoms with Crippen molar-refractivity contribution in [1.82, 2.24) is 0 Å². The Morgan fingerprint density at radius 2 is 0.675 bits per heavy atom. The summed E-state index contributed by atoms with van der Waals surface area (Å²) in [5.74, 6) is -0.801. The van der Waals surface area contributed by atoms with Crippen molar-refractivity contribution in [1.29, 1.82) is 0 Å². The molecule has 216 valence electrons. The molecule has 0 aliphatic rings. The van der Waals surface area contributed by atoms with Gasteiger partial charge in [0.05, 0.1) is 20.1 Å². The minimum Gasteiger partial charge on any atom is -0.207 e. The van der Waals surface area contributed by atoms with Crippen molar-refractivity contribution >= 4 is 58.0 Å². The van der Waals surface area contributed by atoms with Gasteiger partial charge in [0.25, 0.3) is 0 Å². The normalized spacial score (nSPS) is 10.0. The maximum Gasteiger partial charge on any atom is 0.144 e. The van der Waals surface area contributed by atoms with E-state index in [0.717, 1.165) is 27.8 Å². The molecule has 0 saturated carbocycles. The molecule has 0 N–H and O–H groups in total. The van der Waals surface area contributed by atoms with Crippen molar-refractivity contribution in [2.45, 2.75) is 55.4 Å². The van der Waals surface area contributed by atoms with Gasteiger partial charge in [0.2, 0.25) is 0 Å². The van der Waals surface area contributed by atoms with Gasteiger partial charge in [-0.3, -0.25) is 0 Å². The highest BCUT2D eigenvalue weighted by molar-refractivity contribution is 6.42. The Bertz CT molecular complexity index is 1200. The van der Waals surface area contributed by atoms with Gasteiger partial charge in [0, 0.05) is 5.02 Å². The average Bonchev–Trinajstić information content (AvgIpc) is 2.91. The first-order valence-corrected chi connectivity index (χ1v) is 14.0. The molecule has 0 unspecified atom stereocenters. The van der Waals surface area contributed by atoms with Crippen LogP contribution in [0.4, 0.5) is 13.2 Å². The third-order valence-electron chi connectivity index (χ3n) is 5.85. The van der Waals surface area contributed by atoms with Crippen LogP contribution in [0.25, 0.3) is 0 Å². The van der Waals surface area contributed by atoms with Crippen LogP contribution in [-0.2, 0) is 0 Å². The van der Waals surface area contributed by atoms with Crippen LogP contribution in [0.2, 0.25) is 25.1 Å². The molecule has 0 amide bonds. The lowest BCUT2D eigenvalue weighted by Crippen LogP contribution is -1.85. The molecule has 0 radical (unpaired) electrons. The molecule has 0 atom stereocenters. The summed E-state index contributed by atoms with van der Waals surface area (Å²) in [6.45, 7) is 14.3. The SMILES string of the molecule is Cc1cc(Cl)c(C)cc1F.Cc1ccc(C)c(Cl)c1Cl.Cc1ccc(C)c(Cl)c1F.Cc1ccc(C)c(Cl)c1F. The van der Waals surface area contributed by atoms with Crippen LogP contribution in [0.15, 0.2) is 48.5 Å².